The lowest BCUT2D eigenvalue weighted by atomic mass is 9.80. The van der Waals surface area contributed by atoms with Gasteiger partial charge < -0.3 is 17.4 Å². The van der Waals surface area contributed by atoms with Crippen molar-refractivity contribution in [2.45, 2.75) is 79.1 Å². The van der Waals surface area contributed by atoms with Crippen LogP contribution in [0.5, 0.6) is 0 Å². The molecule has 0 unspecified atom stereocenters. The third kappa shape index (κ3) is 12.2. The molecule has 0 bridgehead atoms. The molecule has 0 amide bonds. The summed E-state index contributed by atoms with van der Waals surface area (Å²) in [5.74, 6) is 0. The first-order valence-corrected chi connectivity index (χ1v) is 11.8. The van der Waals surface area contributed by atoms with Gasteiger partial charge in [-0.25, -0.2) is 0 Å². The molecule has 0 aliphatic heterocycles. The number of hydrogen-bond acceptors (Lipinski definition) is 0. The molecule has 6 heteroatoms. The van der Waals surface area contributed by atoms with E-state index in [4.69, 9.17) is 0 Å². The molecule has 0 radical (unpaired) electrons. The largest absolute Gasteiger partial charge is 0.509 e. The van der Waals surface area contributed by atoms with Gasteiger partial charge in [-0.15, -0.1) is 5.46 Å². The summed E-state index contributed by atoms with van der Waals surface area (Å²) in [5.41, 5.74) is -0.570. The topological polar surface area (TPSA) is 0 Å². The Kier molecular flexibility index (Phi) is 15.1. The Labute approximate surface area is 179 Å². The average molecular weight is 466 g/mol. The van der Waals surface area contributed by atoms with Crippen LogP contribution < -0.4 is 5.46 Å². The minimum Gasteiger partial charge on any atom is -0.445 e. The highest BCUT2D eigenvalue weighted by atomic mass is 79.9. The van der Waals surface area contributed by atoms with Gasteiger partial charge in [0.15, 0.2) is 0 Å². The molecule has 164 valence electrons. The first-order valence-electron chi connectivity index (χ1n) is 11.0. The molecule has 0 saturated heterocycles. The van der Waals surface area contributed by atoms with Gasteiger partial charge in [-0.3, -0.25) is 0 Å². The van der Waals surface area contributed by atoms with Crippen molar-refractivity contribution < 1.29 is 17.4 Å². The fourth-order valence-corrected chi connectivity index (χ4v) is 3.77. The fourth-order valence-electron chi connectivity index (χ4n) is 3.36. The van der Waals surface area contributed by atoms with Gasteiger partial charge in [-0.1, -0.05) is 87.5 Å². The summed E-state index contributed by atoms with van der Waals surface area (Å²) < 4.78 is 37.9. The van der Waals surface area contributed by atoms with E-state index in [1.54, 1.807) is 6.07 Å². The maximum absolute atomic E-state index is 12.0. The summed E-state index contributed by atoms with van der Waals surface area (Å²) >= 11 is 2.96. The Hall–Kier alpha value is -0.485. The molecule has 0 aliphatic carbocycles. The molecule has 0 aliphatic rings. The Morgan fingerprint density at radius 3 is 1.39 bits per heavy atom. The Balaban J connectivity index is 0.000000567. The molecule has 0 atom stereocenters. The maximum Gasteiger partial charge on any atom is 0.509 e. The highest BCUT2D eigenvalue weighted by Gasteiger charge is 2.25. The molecule has 1 rings (SSSR count). The van der Waals surface area contributed by atoms with E-state index in [2.05, 4.69) is 43.6 Å². The zero-order valence-corrected chi connectivity index (χ0v) is 19.9. The van der Waals surface area contributed by atoms with E-state index in [9.17, 15) is 12.9 Å². The summed E-state index contributed by atoms with van der Waals surface area (Å²) in [4.78, 5) is 0. The molecule has 1 aromatic rings. The van der Waals surface area contributed by atoms with E-state index in [1.807, 2.05) is 0 Å². The third-order valence-corrected chi connectivity index (χ3v) is 5.66. The van der Waals surface area contributed by atoms with E-state index < -0.39 is 12.4 Å². The summed E-state index contributed by atoms with van der Waals surface area (Å²) in [6.07, 6.45) is 11.1. The predicted molar refractivity (Wildman–Crippen MR) is 122 cm³/mol. The van der Waals surface area contributed by atoms with Gasteiger partial charge in [0.2, 0.25) is 0 Å². The normalized spacial score (nSPS) is 11.9. The van der Waals surface area contributed by atoms with Crippen LogP contribution >= 0.6 is 15.9 Å². The Bertz CT molecular complexity index is 471. The van der Waals surface area contributed by atoms with Gasteiger partial charge in [0.05, 0.1) is 26.2 Å². The lowest BCUT2D eigenvalue weighted by Gasteiger charge is -2.39. The molecular formula is C22H40BBrF3N. The van der Waals surface area contributed by atoms with Crippen LogP contribution in [-0.2, 0) is 0 Å². The standard InChI is InChI=1S/C16H36N.C6H4BBrF3/c1-5-9-13-17(14-10-6-2,15-11-7-3)16-12-8-4;8-6-3-1-2-5(4-6)7(9,10)11/h5-16H2,1-4H3;1-4H/q+1;-1. The van der Waals surface area contributed by atoms with Crippen molar-refractivity contribution in [3.8, 4) is 0 Å². The van der Waals surface area contributed by atoms with Gasteiger partial charge in [0.1, 0.15) is 0 Å². The van der Waals surface area contributed by atoms with Crippen molar-refractivity contribution >= 4 is 28.4 Å². The van der Waals surface area contributed by atoms with Crippen LogP contribution in [0.2, 0.25) is 0 Å². The first kappa shape index (κ1) is 27.5. The van der Waals surface area contributed by atoms with Crippen LogP contribution in [0.4, 0.5) is 12.9 Å². The van der Waals surface area contributed by atoms with Crippen LogP contribution in [0.15, 0.2) is 28.7 Å². The van der Waals surface area contributed by atoms with Gasteiger partial charge in [0.25, 0.3) is 0 Å². The summed E-state index contributed by atoms with van der Waals surface area (Å²) in [5, 5.41) is 0. The van der Waals surface area contributed by atoms with E-state index >= 15 is 0 Å². The van der Waals surface area contributed by atoms with Crippen molar-refractivity contribution in [2.24, 2.45) is 0 Å². The Morgan fingerprint density at radius 2 is 1.14 bits per heavy atom. The van der Waals surface area contributed by atoms with Crippen molar-refractivity contribution in [1.82, 2.24) is 0 Å². The minimum absolute atomic E-state index is 0.453. The second-order valence-electron chi connectivity index (χ2n) is 7.78. The first-order chi connectivity index (χ1) is 13.2. The average Bonchev–Trinajstić information content (AvgIpc) is 2.67. The van der Waals surface area contributed by atoms with Crippen LogP contribution in [0.25, 0.3) is 0 Å². The van der Waals surface area contributed by atoms with Crippen LogP contribution in [0, 0.1) is 0 Å². The van der Waals surface area contributed by atoms with Gasteiger partial charge in [-0.05, 0) is 31.7 Å². The van der Waals surface area contributed by atoms with Crippen LogP contribution in [0.3, 0.4) is 0 Å². The van der Waals surface area contributed by atoms with E-state index in [1.165, 1.54) is 88.1 Å². The molecule has 0 N–H and O–H groups in total. The van der Waals surface area contributed by atoms with E-state index in [0.717, 1.165) is 12.1 Å². The van der Waals surface area contributed by atoms with Crippen molar-refractivity contribution in [1.29, 1.82) is 0 Å². The molecular weight excluding hydrogens is 426 g/mol. The lowest BCUT2D eigenvalue weighted by molar-refractivity contribution is -0.929. The van der Waals surface area contributed by atoms with Crippen LogP contribution in [0.1, 0.15) is 79.1 Å². The second-order valence-corrected chi connectivity index (χ2v) is 8.70. The minimum atomic E-state index is -4.85. The second kappa shape index (κ2) is 15.4. The molecule has 1 aromatic carbocycles. The van der Waals surface area contributed by atoms with Crippen molar-refractivity contribution in [3.63, 3.8) is 0 Å². The SMILES string of the molecule is CCCC[N+](CCCC)(CCCC)CCCC.F[B-](F)(F)c1cccc(Br)c1. The zero-order valence-electron chi connectivity index (χ0n) is 18.3. The summed E-state index contributed by atoms with van der Waals surface area (Å²) in [6, 6.07) is 5.06. The lowest BCUT2D eigenvalue weighted by Crippen LogP contribution is -2.50. The fraction of sp³-hybridized carbons (Fsp3) is 0.727. The van der Waals surface area contributed by atoms with Gasteiger partial charge in [-0.2, -0.15) is 0 Å². The van der Waals surface area contributed by atoms with Crippen LogP contribution in [-0.4, -0.2) is 37.6 Å². The number of nitrogens with zero attached hydrogens (tertiary/aromatic N) is 1. The Morgan fingerprint density at radius 1 is 0.750 bits per heavy atom. The molecule has 0 fully saturated rings. The molecule has 0 saturated carbocycles. The highest BCUT2D eigenvalue weighted by Crippen LogP contribution is 2.16. The number of halogens is 4. The van der Waals surface area contributed by atoms with E-state index in [-0.39, 0.29) is 0 Å². The highest BCUT2D eigenvalue weighted by molar-refractivity contribution is 9.10. The molecule has 0 heterocycles. The van der Waals surface area contributed by atoms with Gasteiger partial charge in [0, 0.05) is 4.47 Å². The number of rotatable bonds is 13. The summed E-state index contributed by atoms with van der Waals surface area (Å²) in [7, 11) is 0. The van der Waals surface area contributed by atoms with E-state index in [0.29, 0.717) is 4.47 Å². The third-order valence-electron chi connectivity index (χ3n) is 5.17. The number of hydrogen-bond donors (Lipinski definition) is 0. The van der Waals surface area contributed by atoms with Gasteiger partial charge >= 0.3 is 6.98 Å². The number of quaternary nitrogens is 1. The molecule has 0 spiro atoms. The predicted octanol–water partition coefficient (Wildman–Crippen LogP) is 7.51. The zero-order chi connectivity index (χ0) is 21.5. The maximum atomic E-state index is 12.0. The molecule has 0 aromatic heterocycles. The quantitative estimate of drug-likeness (QED) is 0.209. The number of unbranched alkanes of at least 4 members (excludes halogenated alkanes) is 4. The summed E-state index contributed by atoms with van der Waals surface area (Å²) in [6.45, 7) is 10.2. The van der Waals surface area contributed by atoms with Crippen molar-refractivity contribution in [3.05, 3.63) is 28.7 Å². The molecule has 1 nitrogen and oxygen atoms in total. The monoisotopic (exact) mass is 465 g/mol. The number of benzene rings is 1. The molecule has 28 heavy (non-hydrogen) atoms. The van der Waals surface area contributed by atoms with Crippen molar-refractivity contribution in [2.75, 3.05) is 26.2 Å². The smallest absolute Gasteiger partial charge is 0.445 e.